The molecule has 0 aliphatic carbocycles. The van der Waals surface area contributed by atoms with E-state index in [0.29, 0.717) is 12.3 Å². The van der Waals surface area contributed by atoms with Crippen LogP contribution in [0.1, 0.15) is 25.0 Å². The van der Waals surface area contributed by atoms with Crippen LogP contribution in [0.4, 0.5) is 0 Å². The fraction of sp³-hybridized carbons (Fsp3) is 0.350. The van der Waals surface area contributed by atoms with E-state index in [0.717, 1.165) is 29.7 Å². The lowest BCUT2D eigenvalue weighted by Gasteiger charge is -2.18. The maximum Gasteiger partial charge on any atom is 0.258 e. The second-order valence-electron chi connectivity index (χ2n) is 5.80. The van der Waals surface area contributed by atoms with Gasteiger partial charge in [-0.1, -0.05) is 54.0 Å². The number of hydrogen-bond donors (Lipinski definition) is 1. The first kappa shape index (κ1) is 19.5. The normalized spacial score (nSPS) is 10.7. The minimum atomic E-state index is -0.130. The van der Waals surface area contributed by atoms with E-state index in [1.165, 1.54) is 5.56 Å². The monoisotopic (exact) mass is 404 g/mol. The molecule has 1 amide bonds. The molecule has 25 heavy (non-hydrogen) atoms. The summed E-state index contributed by atoms with van der Waals surface area (Å²) in [4.78, 5) is 14.3. The average Bonchev–Trinajstić information content (AvgIpc) is 2.65. The molecule has 0 aliphatic heterocycles. The average molecular weight is 405 g/mol. The van der Waals surface area contributed by atoms with Crippen LogP contribution in [0.3, 0.4) is 0 Å². The number of ether oxygens (including phenoxy) is 1. The summed E-state index contributed by atoms with van der Waals surface area (Å²) in [5.41, 5.74) is 2.37. The summed E-state index contributed by atoms with van der Waals surface area (Å²) in [6.45, 7) is 7.92. The first-order valence-electron chi connectivity index (χ1n) is 8.56. The van der Waals surface area contributed by atoms with Gasteiger partial charge in [0, 0.05) is 17.6 Å². The van der Waals surface area contributed by atoms with Gasteiger partial charge in [0.25, 0.3) is 5.91 Å². The summed E-state index contributed by atoms with van der Waals surface area (Å²) in [7, 11) is 0. The predicted octanol–water partition coefficient (Wildman–Crippen LogP) is 3.99. The Morgan fingerprint density at radius 3 is 2.20 bits per heavy atom. The van der Waals surface area contributed by atoms with Crippen molar-refractivity contribution in [3.63, 3.8) is 0 Å². The minimum absolute atomic E-state index is 0.0156. The maximum atomic E-state index is 11.9. The number of benzene rings is 2. The largest absolute Gasteiger partial charge is 0.484 e. The van der Waals surface area contributed by atoms with Gasteiger partial charge in [0.1, 0.15) is 5.75 Å². The van der Waals surface area contributed by atoms with Crippen molar-refractivity contribution in [2.24, 2.45) is 0 Å². The number of carbonyl (C=O) groups excluding carboxylic acids is 1. The molecule has 4 nitrogen and oxygen atoms in total. The SMILES string of the molecule is CCN(CC)Cc1ccc(CNC(=O)COc2ccc(Br)cc2)cc1. The highest BCUT2D eigenvalue weighted by molar-refractivity contribution is 9.10. The van der Waals surface area contributed by atoms with Crippen molar-refractivity contribution in [3.05, 3.63) is 64.1 Å². The van der Waals surface area contributed by atoms with E-state index in [4.69, 9.17) is 4.74 Å². The Kier molecular flexibility index (Phi) is 7.95. The third-order valence-corrected chi connectivity index (χ3v) is 4.53. The van der Waals surface area contributed by atoms with Crippen LogP contribution >= 0.6 is 15.9 Å². The molecule has 0 spiro atoms. The molecule has 1 N–H and O–H groups in total. The van der Waals surface area contributed by atoms with E-state index < -0.39 is 0 Å². The van der Waals surface area contributed by atoms with Crippen molar-refractivity contribution in [1.82, 2.24) is 10.2 Å². The summed E-state index contributed by atoms with van der Waals surface area (Å²) in [5, 5.41) is 2.88. The molecule has 0 atom stereocenters. The van der Waals surface area contributed by atoms with Gasteiger partial charge in [-0.25, -0.2) is 0 Å². The number of hydrogen-bond acceptors (Lipinski definition) is 3. The standard InChI is InChI=1S/C20H25BrN2O2/c1-3-23(4-2)14-17-7-5-16(6-8-17)13-22-20(24)15-25-19-11-9-18(21)10-12-19/h5-12H,3-4,13-15H2,1-2H3,(H,22,24). The zero-order valence-corrected chi connectivity index (χ0v) is 16.4. The van der Waals surface area contributed by atoms with Crippen LogP contribution in [0.2, 0.25) is 0 Å². The highest BCUT2D eigenvalue weighted by Gasteiger charge is 2.04. The van der Waals surface area contributed by atoms with Crippen LogP contribution in [-0.4, -0.2) is 30.5 Å². The van der Waals surface area contributed by atoms with Crippen molar-refractivity contribution < 1.29 is 9.53 Å². The molecule has 0 aromatic heterocycles. The topological polar surface area (TPSA) is 41.6 Å². The summed E-state index contributed by atoms with van der Waals surface area (Å²) in [5.74, 6) is 0.550. The second-order valence-corrected chi connectivity index (χ2v) is 6.71. The van der Waals surface area contributed by atoms with Crippen molar-refractivity contribution >= 4 is 21.8 Å². The Labute approximate surface area is 158 Å². The van der Waals surface area contributed by atoms with Crippen molar-refractivity contribution in [2.45, 2.75) is 26.9 Å². The zero-order valence-electron chi connectivity index (χ0n) is 14.8. The van der Waals surface area contributed by atoms with Gasteiger partial charge >= 0.3 is 0 Å². The number of amides is 1. The van der Waals surface area contributed by atoms with E-state index in [-0.39, 0.29) is 12.5 Å². The molecule has 0 fully saturated rings. The van der Waals surface area contributed by atoms with Crippen molar-refractivity contribution in [2.75, 3.05) is 19.7 Å². The first-order chi connectivity index (χ1) is 12.1. The minimum Gasteiger partial charge on any atom is -0.484 e. The lowest BCUT2D eigenvalue weighted by atomic mass is 10.1. The van der Waals surface area contributed by atoms with E-state index in [9.17, 15) is 4.79 Å². The van der Waals surface area contributed by atoms with Gasteiger partial charge in [-0.05, 0) is 48.5 Å². The quantitative estimate of drug-likeness (QED) is 0.686. The molecule has 0 saturated carbocycles. The number of carbonyl (C=O) groups is 1. The third-order valence-electron chi connectivity index (χ3n) is 4.00. The molecule has 5 heteroatoms. The number of nitrogens with one attached hydrogen (secondary N) is 1. The van der Waals surface area contributed by atoms with Crippen molar-refractivity contribution in [1.29, 1.82) is 0 Å². The molecule has 0 unspecified atom stereocenters. The van der Waals surface area contributed by atoms with Gasteiger partial charge in [0.05, 0.1) is 0 Å². The Bertz CT molecular complexity index is 652. The van der Waals surface area contributed by atoms with E-state index in [1.807, 2.05) is 24.3 Å². The third kappa shape index (κ3) is 6.88. The zero-order chi connectivity index (χ0) is 18.1. The van der Waals surface area contributed by atoms with E-state index in [2.05, 4.69) is 64.3 Å². The molecule has 0 aliphatic rings. The van der Waals surface area contributed by atoms with E-state index in [1.54, 1.807) is 0 Å². The van der Waals surface area contributed by atoms with Crippen LogP contribution in [0, 0.1) is 0 Å². The summed E-state index contributed by atoms with van der Waals surface area (Å²) < 4.78 is 6.44. The van der Waals surface area contributed by atoms with Crippen molar-refractivity contribution in [3.8, 4) is 5.75 Å². The maximum absolute atomic E-state index is 11.9. The lowest BCUT2D eigenvalue weighted by Crippen LogP contribution is -2.28. The van der Waals surface area contributed by atoms with Crippen LogP contribution in [0.15, 0.2) is 53.0 Å². The highest BCUT2D eigenvalue weighted by atomic mass is 79.9. The van der Waals surface area contributed by atoms with Gasteiger partial charge in [0.15, 0.2) is 6.61 Å². The molecule has 2 rings (SSSR count). The Hall–Kier alpha value is -1.85. The summed E-state index contributed by atoms with van der Waals surface area (Å²) in [6.07, 6.45) is 0. The lowest BCUT2D eigenvalue weighted by molar-refractivity contribution is -0.123. The molecule has 0 bridgehead atoms. The fourth-order valence-electron chi connectivity index (χ4n) is 2.40. The smallest absolute Gasteiger partial charge is 0.258 e. The Morgan fingerprint density at radius 2 is 1.60 bits per heavy atom. The molecule has 2 aromatic carbocycles. The molecular weight excluding hydrogens is 380 g/mol. The van der Waals surface area contributed by atoms with Gasteiger partial charge in [0.2, 0.25) is 0 Å². The van der Waals surface area contributed by atoms with Gasteiger partial charge in [-0.3, -0.25) is 9.69 Å². The number of rotatable bonds is 9. The summed E-state index contributed by atoms with van der Waals surface area (Å²) >= 11 is 3.36. The van der Waals surface area contributed by atoms with Gasteiger partial charge in [-0.15, -0.1) is 0 Å². The summed E-state index contributed by atoms with van der Waals surface area (Å²) in [6, 6.07) is 15.8. The molecule has 134 valence electrons. The van der Waals surface area contributed by atoms with Crippen LogP contribution in [0.25, 0.3) is 0 Å². The highest BCUT2D eigenvalue weighted by Crippen LogP contribution is 2.15. The molecular formula is C20H25BrN2O2. The van der Waals surface area contributed by atoms with Gasteiger partial charge < -0.3 is 10.1 Å². The number of nitrogens with zero attached hydrogens (tertiary/aromatic N) is 1. The molecule has 0 radical (unpaired) electrons. The molecule has 2 aromatic rings. The van der Waals surface area contributed by atoms with E-state index >= 15 is 0 Å². The van der Waals surface area contributed by atoms with Crippen LogP contribution in [-0.2, 0) is 17.9 Å². The Morgan fingerprint density at radius 1 is 1.00 bits per heavy atom. The van der Waals surface area contributed by atoms with Crippen LogP contribution < -0.4 is 10.1 Å². The predicted molar refractivity (Wildman–Crippen MR) is 105 cm³/mol. The first-order valence-corrected chi connectivity index (χ1v) is 9.35. The fourth-order valence-corrected chi connectivity index (χ4v) is 2.66. The Balaban J connectivity index is 1.74. The van der Waals surface area contributed by atoms with Gasteiger partial charge in [-0.2, -0.15) is 0 Å². The second kappa shape index (κ2) is 10.2. The number of halogens is 1. The van der Waals surface area contributed by atoms with Crippen LogP contribution in [0.5, 0.6) is 5.75 Å². The molecule has 0 heterocycles. The molecule has 0 saturated heterocycles.